The maximum atomic E-state index is 12.4. The van der Waals surface area contributed by atoms with Gasteiger partial charge in [-0.15, -0.1) is 0 Å². The molecule has 5 nitrogen and oxygen atoms in total. The van der Waals surface area contributed by atoms with Gasteiger partial charge in [0, 0.05) is 20.7 Å². The molecule has 0 spiro atoms. The molecule has 2 rings (SSSR count). The van der Waals surface area contributed by atoms with E-state index in [4.69, 9.17) is 4.74 Å². The number of hydrogen-bond donors (Lipinski definition) is 2. The van der Waals surface area contributed by atoms with Crippen LogP contribution in [0.1, 0.15) is 20.7 Å². The van der Waals surface area contributed by atoms with Crippen LogP contribution in [-0.4, -0.2) is 33.6 Å². The van der Waals surface area contributed by atoms with Crippen molar-refractivity contribution in [3.05, 3.63) is 59.7 Å². The molecule has 2 N–H and O–H groups in total. The predicted molar refractivity (Wildman–Crippen MR) is 109 cm³/mol. The van der Waals surface area contributed by atoms with Crippen molar-refractivity contribution in [1.29, 1.82) is 0 Å². The summed E-state index contributed by atoms with van der Waals surface area (Å²) in [6.45, 7) is 7.13. The van der Waals surface area contributed by atoms with Gasteiger partial charge in [-0.1, -0.05) is 37.8 Å². The topological polar surface area (TPSA) is 67.4 Å². The quantitative estimate of drug-likeness (QED) is 0.557. The van der Waals surface area contributed by atoms with E-state index >= 15 is 0 Å². The molecule has 0 saturated heterocycles. The zero-order valence-corrected chi connectivity index (χ0v) is 16.8. The highest BCUT2D eigenvalue weighted by atomic mass is 28.3. The Morgan fingerprint density at radius 1 is 0.962 bits per heavy atom. The van der Waals surface area contributed by atoms with E-state index in [1.54, 1.807) is 49.5 Å². The summed E-state index contributed by atoms with van der Waals surface area (Å²) in [6.07, 6.45) is 0. The van der Waals surface area contributed by atoms with Crippen molar-refractivity contribution in [1.82, 2.24) is 0 Å². The van der Waals surface area contributed by atoms with Crippen molar-refractivity contribution in [2.75, 3.05) is 24.3 Å². The van der Waals surface area contributed by atoms with Crippen molar-refractivity contribution >= 4 is 31.3 Å². The van der Waals surface area contributed by atoms with Crippen LogP contribution >= 0.6 is 0 Å². The lowest BCUT2D eigenvalue weighted by molar-refractivity contribution is 0.0525. The minimum atomic E-state index is -1.25. The van der Waals surface area contributed by atoms with Gasteiger partial charge in [0.05, 0.1) is 23.5 Å². The first kappa shape index (κ1) is 19.7. The minimum Gasteiger partial charge on any atom is -0.462 e. The Kier molecular flexibility index (Phi) is 6.57. The number of ether oxygens (including phenoxy) is 1. The van der Waals surface area contributed by atoms with E-state index in [0.717, 1.165) is 11.7 Å². The average molecular weight is 371 g/mol. The monoisotopic (exact) mass is 370 g/mol. The standard InChI is InChI=1S/C20H26N2O3Si/c1-21-17-11-10-16(20(24)25-12-13-26(2,3)4)14-18(17)22-19(23)15-8-6-5-7-9-15/h5-11,14,21H,12-13H2,1-4H3,(H,22,23). The Labute approximate surface area is 155 Å². The molecule has 0 unspecified atom stereocenters. The molecule has 0 saturated carbocycles. The van der Waals surface area contributed by atoms with Crippen LogP contribution < -0.4 is 10.6 Å². The normalized spacial score (nSPS) is 10.9. The third-order valence-electron chi connectivity index (χ3n) is 3.89. The number of esters is 1. The number of carbonyl (C=O) groups excluding carboxylic acids is 2. The molecule has 0 radical (unpaired) electrons. The molecule has 0 atom stereocenters. The van der Waals surface area contributed by atoms with E-state index < -0.39 is 8.07 Å². The molecule has 0 bridgehead atoms. The second-order valence-electron chi connectivity index (χ2n) is 7.28. The molecule has 0 fully saturated rings. The third kappa shape index (κ3) is 5.74. The highest BCUT2D eigenvalue weighted by molar-refractivity contribution is 6.76. The number of benzene rings is 2. The number of nitrogens with one attached hydrogen (secondary N) is 2. The molecular weight excluding hydrogens is 344 g/mol. The lowest BCUT2D eigenvalue weighted by Gasteiger charge is -2.16. The lowest BCUT2D eigenvalue weighted by Crippen LogP contribution is -2.22. The van der Waals surface area contributed by atoms with Gasteiger partial charge in [0.25, 0.3) is 5.91 Å². The zero-order valence-electron chi connectivity index (χ0n) is 15.8. The Morgan fingerprint density at radius 3 is 2.27 bits per heavy atom. The number of carbonyl (C=O) groups is 2. The number of anilines is 2. The summed E-state index contributed by atoms with van der Waals surface area (Å²) in [5, 5.41) is 5.87. The first-order valence-corrected chi connectivity index (χ1v) is 12.4. The summed E-state index contributed by atoms with van der Waals surface area (Å²) < 4.78 is 5.38. The molecule has 0 aliphatic rings. The first-order valence-electron chi connectivity index (χ1n) is 8.65. The van der Waals surface area contributed by atoms with E-state index in [0.29, 0.717) is 23.4 Å². The van der Waals surface area contributed by atoms with Gasteiger partial charge in [-0.25, -0.2) is 4.79 Å². The van der Waals surface area contributed by atoms with Crippen LogP contribution in [-0.2, 0) is 4.74 Å². The fourth-order valence-corrected chi connectivity index (χ4v) is 3.02. The second-order valence-corrected chi connectivity index (χ2v) is 12.9. The van der Waals surface area contributed by atoms with Gasteiger partial charge in [-0.05, 0) is 36.4 Å². The molecule has 0 aliphatic heterocycles. The molecule has 2 aromatic rings. The average Bonchev–Trinajstić information content (AvgIpc) is 2.61. The molecule has 0 heterocycles. The molecular formula is C20H26N2O3Si. The van der Waals surface area contributed by atoms with E-state index in [1.807, 2.05) is 6.07 Å². The maximum Gasteiger partial charge on any atom is 0.338 e. The summed E-state index contributed by atoms with van der Waals surface area (Å²) in [7, 11) is 0.509. The van der Waals surface area contributed by atoms with Crippen LogP contribution in [0.15, 0.2) is 48.5 Å². The third-order valence-corrected chi connectivity index (χ3v) is 5.60. The van der Waals surface area contributed by atoms with E-state index in [-0.39, 0.29) is 11.9 Å². The molecule has 1 amide bonds. The summed E-state index contributed by atoms with van der Waals surface area (Å²) in [5.74, 6) is -0.604. The van der Waals surface area contributed by atoms with Crippen LogP contribution in [0.25, 0.3) is 0 Å². The van der Waals surface area contributed by atoms with Gasteiger partial charge in [-0.2, -0.15) is 0 Å². The number of rotatable bonds is 7. The van der Waals surface area contributed by atoms with Crippen LogP contribution in [0, 0.1) is 0 Å². The van der Waals surface area contributed by atoms with Crippen molar-refractivity contribution < 1.29 is 14.3 Å². The fourth-order valence-electron chi connectivity index (χ4n) is 2.31. The number of amides is 1. The largest absolute Gasteiger partial charge is 0.462 e. The molecule has 26 heavy (non-hydrogen) atoms. The zero-order chi connectivity index (χ0) is 19.2. The van der Waals surface area contributed by atoms with Crippen LogP contribution in [0.2, 0.25) is 25.7 Å². The molecule has 0 aliphatic carbocycles. The molecule has 138 valence electrons. The van der Waals surface area contributed by atoms with Crippen molar-refractivity contribution in [2.24, 2.45) is 0 Å². The highest BCUT2D eigenvalue weighted by Crippen LogP contribution is 2.24. The van der Waals surface area contributed by atoms with Crippen molar-refractivity contribution in [2.45, 2.75) is 25.7 Å². The smallest absolute Gasteiger partial charge is 0.338 e. The minimum absolute atomic E-state index is 0.230. The van der Waals surface area contributed by atoms with Crippen molar-refractivity contribution in [3.63, 3.8) is 0 Å². The second kappa shape index (κ2) is 8.67. The van der Waals surface area contributed by atoms with Crippen LogP contribution in [0.4, 0.5) is 11.4 Å². The van der Waals surface area contributed by atoms with Crippen LogP contribution in [0.3, 0.4) is 0 Å². The Balaban J connectivity index is 2.12. The Hall–Kier alpha value is -2.60. The Bertz CT molecular complexity index is 770. The van der Waals surface area contributed by atoms with Gasteiger partial charge in [0.15, 0.2) is 0 Å². The van der Waals surface area contributed by atoms with Gasteiger partial charge in [0.1, 0.15) is 0 Å². The first-order chi connectivity index (χ1) is 12.3. The van der Waals surface area contributed by atoms with Gasteiger partial charge < -0.3 is 15.4 Å². The summed E-state index contributed by atoms with van der Waals surface area (Å²) in [4.78, 5) is 24.7. The lowest BCUT2D eigenvalue weighted by atomic mass is 10.1. The van der Waals surface area contributed by atoms with Crippen molar-refractivity contribution in [3.8, 4) is 0 Å². The van der Waals surface area contributed by atoms with Gasteiger partial charge in [-0.3, -0.25) is 4.79 Å². The van der Waals surface area contributed by atoms with Gasteiger partial charge in [0.2, 0.25) is 0 Å². The summed E-state index contributed by atoms with van der Waals surface area (Å²) in [5.41, 5.74) is 2.24. The summed E-state index contributed by atoms with van der Waals surface area (Å²) in [6, 6.07) is 15.0. The van der Waals surface area contributed by atoms with Gasteiger partial charge >= 0.3 is 5.97 Å². The molecule has 0 aromatic heterocycles. The van der Waals surface area contributed by atoms with Crippen LogP contribution in [0.5, 0.6) is 0 Å². The summed E-state index contributed by atoms with van der Waals surface area (Å²) >= 11 is 0. The van der Waals surface area contributed by atoms with E-state index in [1.165, 1.54) is 0 Å². The molecule has 6 heteroatoms. The Morgan fingerprint density at radius 2 is 1.65 bits per heavy atom. The SMILES string of the molecule is CNc1ccc(C(=O)OCC[Si](C)(C)C)cc1NC(=O)c1ccccc1. The van der Waals surface area contributed by atoms with E-state index in [2.05, 4.69) is 30.3 Å². The predicted octanol–water partition coefficient (Wildman–Crippen LogP) is 4.48. The van der Waals surface area contributed by atoms with E-state index in [9.17, 15) is 9.59 Å². The highest BCUT2D eigenvalue weighted by Gasteiger charge is 2.16. The number of hydrogen-bond acceptors (Lipinski definition) is 4. The maximum absolute atomic E-state index is 12.4. The molecule has 2 aromatic carbocycles. The fraction of sp³-hybridized carbons (Fsp3) is 0.300.